The average molecular weight is 407 g/mol. The van der Waals surface area contributed by atoms with Crippen molar-refractivity contribution in [3.05, 3.63) is 76.4 Å². The lowest BCUT2D eigenvalue weighted by Gasteiger charge is -2.28. The molecule has 1 aliphatic rings. The fourth-order valence-electron chi connectivity index (χ4n) is 3.39. The molecule has 0 saturated carbocycles. The Kier molecular flexibility index (Phi) is 5.99. The van der Waals surface area contributed by atoms with Crippen LogP contribution in [0.3, 0.4) is 0 Å². The number of aryl methyl sites for hydroxylation is 1. The normalized spacial score (nSPS) is 14.0. The van der Waals surface area contributed by atoms with Gasteiger partial charge in [0.1, 0.15) is 6.54 Å². The predicted octanol–water partition coefficient (Wildman–Crippen LogP) is 2.57. The molecule has 2 aromatic carbocycles. The third kappa shape index (κ3) is 4.80. The molecular weight excluding hydrogens is 382 g/mol. The third-order valence-corrected chi connectivity index (χ3v) is 5.16. The molecule has 0 spiro atoms. The van der Waals surface area contributed by atoms with E-state index in [1.165, 1.54) is 4.57 Å². The summed E-state index contributed by atoms with van der Waals surface area (Å²) >= 11 is 0. The van der Waals surface area contributed by atoms with Gasteiger partial charge in [0.25, 0.3) is 0 Å². The zero-order valence-corrected chi connectivity index (χ0v) is 17.0. The van der Waals surface area contributed by atoms with Gasteiger partial charge in [0.2, 0.25) is 5.91 Å². The number of ether oxygens (including phenoxy) is 1. The first kappa shape index (κ1) is 20.0. The summed E-state index contributed by atoms with van der Waals surface area (Å²) < 4.78 is 12.0. The van der Waals surface area contributed by atoms with E-state index < -0.39 is 5.76 Å². The Balaban J connectivity index is 1.32. The van der Waals surface area contributed by atoms with Crippen LogP contribution in [0.1, 0.15) is 11.1 Å². The highest BCUT2D eigenvalue weighted by atomic mass is 16.5. The molecule has 1 N–H and O–H groups in total. The maximum absolute atomic E-state index is 12.3. The summed E-state index contributed by atoms with van der Waals surface area (Å²) in [6.07, 6.45) is 1.57. The van der Waals surface area contributed by atoms with Crippen LogP contribution >= 0.6 is 0 Å². The second-order valence-electron chi connectivity index (χ2n) is 7.40. The van der Waals surface area contributed by atoms with Crippen LogP contribution in [0, 0.1) is 6.92 Å². The molecule has 156 valence electrons. The van der Waals surface area contributed by atoms with Crippen LogP contribution in [0.25, 0.3) is 11.3 Å². The molecule has 30 heavy (non-hydrogen) atoms. The Bertz CT molecular complexity index is 1050. The number of rotatable bonds is 6. The molecule has 0 unspecified atom stereocenters. The van der Waals surface area contributed by atoms with E-state index in [1.807, 2.05) is 43.3 Å². The molecule has 3 aromatic rings. The third-order valence-electron chi connectivity index (χ3n) is 5.16. The van der Waals surface area contributed by atoms with Gasteiger partial charge >= 0.3 is 5.76 Å². The van der Waals surface area contributed by atoms with E-state index in [1.54, 1.807) is 6.20 Å². The molecule has 2 heterocycles. The number of hydrogen-bond donors (Lipinski definition) is 1. The lowest BCUT2D eigenvalue weighted by Crippen LogP contribution is -2.36. The Morgan fingerprint density at radius 1 is 1.03 bits per heavy atom. The first-order chi connectivity index (χ1) is 14.6. The first-order valence-corrected chi connectivity index (χ1v) is 10.0. The summed E-state index contributed by atoms with van der Waals surface area (Å²) in [5.74, 6) is -0.340. The maximum Gasteiger partial charge on any atom is 0.419 e. The van der Waals surface area contributed by atoms with Crippen LogP contribution in [0.4, 0.5) is 5.69 Å². The molecule has 1 aromatic heterocycles. The average Bonchev–Trinajstić information content (AvgIpc) is 3.14. The maximum atomic E-state index is 12.3. The van der Waals surface area contributed by atoms with Gasteiger partial charge < -0.3 is 19.4 Å². The molecule has 1 fully saturated rings. The predicted molar refractivity (Wildman–Crippen MR) is 114 cm³/mol. The molecule has 7 nitrogen and oxygen atoms in total. The monoisotopic (exact) mass is 407 g/mol. The van der Waals surface area contributed by atoms with Crippen molar-refractivity contribution in [3.63, 3.8) is 0 Å². The summed E-state index contributed by atoms with van der Waals surface area (Å²) in [6.45, 7) is 5.58. The van der Waals surface area contributed by atoms with Gasteiger partial charge in [-0.2, -0.15) is 0 Å². The number of carbonyl (C=O) groups is 1. The number of aromatic nitrogens is 1. The quantitative estimate of drug-likeness (QED) is 0.680. The molecule has 0 atom stereocenters. The number of morpholine rings is 1. The second kappa shape index (κ2) is 9.00. The largest absolute Gasteiger partial charge is 0.419 e. The first-order valence-electron chi connectivity index (χ1n) is 10.0. The van der Waals surface area contributed by atoms with Gasteiger partial charge in [-0.15, -0.1) is 0 Å². The fourth-order valence-corrected chi connectivity index (χ4v) is 3.39. The summed E-state index contributed by atoms with van der Waals surface area (Å²) in [5.41, 5.74) is 4.08. The highest BCUT2D eigenvalue weighted by Crippen LogP contribution is 2.19. The van der Waals surface area contributed by atoms with E-state index in [4.69, 9.17) is 9.15 Å². The van der Waals surface area contributed by atoms with Crippen molar-refractivity contribution in [2.24, 2.45) is 0 Å². The van der Waals surface area contributed by atoms with Crippen LogP contribution in [-0.4, -0.2) is 36.8 Å². The van der Waals surface area contributed by atoms with E-state index in [0.717, 1.165) is 48.7 Å². The minimum atomic E-state index is -0.546. The van der Waals surface area contributed by atoms with E-state index >= 15 is 0 Å². The van der Waals surface area contributed by atoms with E-state index in [0.29, 0.717) is 12.3 Å². The second-order valence-corrected chi connectivity index (χ2v) is 7.40. The topological polar surface area (TPSA) is 76.7 Å². The summed E-state index contributed by atoms with van der Waals surface area (Å²) in [7, 11) is 0. The summed E-state index contributed by atoms with van der Waals surface area (Å²) in [6, 6.07) is 15.8. The number of oxazole rings is 1. The highest BCUT2D eigenvalue weighted by Gasteiger charge is 2.13. The smallest absolute Gasteiger partial charge is 0.408 e. The molecule has 7 heteroatoms. The Morgan fingerprint density at radius 2 is 1.73 bits per heavy atom. The minimum Gasteiger partial charge on any atom is -0.408 e. The number of amides is 1. The van der Waals surface area contributed by atoms with E-state index in [2.05, 4.69) is 22.3 Å². The molecule has 0 aliphatic carbocycles. The van der Waals surface area contributed by atoms with Crippen molar-refractivity contribution >= 4 is 11.6 Å². The molecular formula is C23H25N3O4. The molecule has 4 rings (SSSR count). The van der Waals surface area contributed by atoms with Crippen LogP contribution < -0.4 is 16.0 Å². The zero-order valence-electron chi connectivity index (χ0n) is 17.0. The molecule has 1 saturated heterocycles. The number of carbonyl (C=O) groups excluding carboxylic acids is 1. The van der Waals surface area contributed by atoms with Crippen molar-refractivity contribution in [3.8, 4) is 11.3 Å². The Hall–Kier alpha value is -3.32. The van der Waals surface area contributed by atoms with Gasteiger partial charge in [0, 0.05) is 30.9 Å². The van der Waals surface area contributed by atoms with E-state index in [9.17, 15) is 9.59 Å². The zero-order chi connectivity index (χ0) is 20.9. The molecule has 1 aliphatic heterocycles. The molecule has 0 radical (unpaired) electrons. The number of nitrogens with zero attached hydrogens (tertiary/aromatic N) is 2. The fraction of sp³-hybridized carbons (Fsp3) is 0.304. The number of anilines is 1. The molecule has 1 amide bonds. The van der Waals surface area contributed by atoms with Crippen LogP contribution in [0.2, 0.25) is 0 Å². The Morgan fingerprint density at radius 3 is 2.43 bits per heavy atom. The lowest BCUT2D eigenvalue weighted by molar-refractivity contribution is -0.121. The number of benzene rings is 2. The van der Waals surface area contributed by atoms with Crippen molar-refractivity contribution in [2.45, 2.75) is 20.0 Å². The van der Waals surface area contributed by atoms with Crippen LogP contribution in [0.15, 0.2) is 63.9 Å². The van der Waals surface area contributed by atoms with Gasteiger partial charge in [-0.1, -0.05) is 42.0 Å². The van der Waals surface area contributed by atoms with Gasteiger partial charge in [-0.25, -0.2) is 4.79 Å². The van der Waals surface area contributed by atoms with Gasteiger partial charge in [0.15, 0.2) is 5.76 Å². The van der Waals surface area contributed by atoms with Crippen LogP contribution in [0.5, 0.6) is 0 Å². The van der Waals surface area contributed by atoms with Gasteiger partial charge in [0.05, 0.1) is 19.4 Å². The van der Waals surface area contributed by atoms with Crippen molar-refractivity contribution in [2.75, 3.05) is 31.2 Å². The summed E-state index contributed by atoms with van der Waals surface area (Å²) in [4.78, 5) is 26.7. The SMILES string of the molecule is Cc1ccc(-c2cn(CC(=O)NCc3ccc(N4CCOCC4)cc3)c(=O)o2)cc1. The number of hydrogen-bond acceptors (Lipinski definition) is 5. The standard InChI is InChI=1S/C23H25N3O4/c1-17-2-6-19(7-3-17)21-15-26(23(28)30-21)16-22(27)24-14-18-4-8-20(9-5-18)25-10-12-29-13-11-25/h2-9,15H,10-14,16H2,1H3,(H,24,27). The van der Waals surface area contributed by atoms with Gasteiger partial charge in [-0.3, -0.25) is 9.36 Å². The van der Waals surface area contributed by atoms with Crippen molar-refractivity contribution in [1.29, 1.82) is 0 Å². The number of nitrogens with one attached hydrogen (secondary N) is 1. The molecule has 0 bridgehead atoms. The van der Waals surface area contributed by atoms with Crippen molar-refractivity contribution < 1.29 is 13.9 Å². The van der Waals surface area contributed by atoms with E-state index in [-0.39, 0.29) is 12.5 Å². The summed E-state index contributed by atoms with van der Waals surface area (Å²) in [5, 5.41) is 2.86. The highest BCUT2D eigenvalue weighted by molar-refractivity contribution is 5.75. The van der Waals surface area contributed by atoms with Gasteiger partial charge in [-0.05, 0) is 24.6 Å². The Labute approximate surface area is 174 Å². The van der Waals surface area contributed by atoms with Crippen molar-refractivity contribution in [1.82, 2.24) is 9.88 Å². The lowest BCUT2D eigenvalue weighted by atomic mass is 10.1. The minimum absolute atomic E-state index is 0.0833. The van der Waals surface area contributed by atoms with Crippen LogP contribution in [-0.2, 0) is 22.6 Å².